The Balaban J connectivity index is 2.70. The van der Waals surface area contributed by atoms with Crippen molar-refractivity contribution in [2.24, 2.45) is 0 Å². The molecule has 16 heavy (non-hydrogen) atoms. The van der Waals surface area contributed by atoms with E-state index in [9.17, 15) is 4.79 Å². The van der Waals surface area contributed by atoms with Crippen molar-refractivity contribution in [3.8, 4) is 0 Å². The largest absolute Gasteiger partial charge is 0.457 e. The van der Waals surface area contributed by atoms with Gasteiger partial charge < -0.3 is 14.1 Å². The van der Waals surface area contributed by atoms with Crippen LogP contribution in [0, 0.1) is 0 Å². The van der Waals surface area contributed by atoms with Gasteiger partial charge in [0.25, 0.3) is 5.91 Å². The van der Waals surface area contributed by atoms with E-state index in [4.69, 9.17) is 9.15 Å². The maximum Gasteiger partial charge on any atom is 0.258 e. The average Bonchev–Trinajstić information content (AvgIpc) is 2.69. The molecule has 90 valence electrons. The first-order chi connectivity index (χ1) is 7.70. The lowest BCUT2D eigenvalue weighted by molar-refractivity contribution is 0.0707. The molecule has 0 N–H and O–H groups in total. The number of nitrogens with zero attached hydrogens (tertiary/aromatic N) is 1. The molecule has 0 aromatic carbocycles. The van der Waals surface area contributed by atoms with Gasteiger partial charge in [0.1, 0.15) is 0 Å². The summed E-state index contributed by atoms with van der Waals surface area (Å²) in [5, 5.41) is 0.734. The first-order valence-corrected chi connectivity index (χ1v) is 6.69. The number of carbonyl (C=O) groups is 1. The summed E-state index contributed by atoms with van der Waals surface area (Å²) in [6.45, 7) is 1.73. The van der Waals surface area contributed by atoms with Crippen molar-refractivity contribution in [3.05, 3.63) is 22.6 Å². The minimum Gasteiger partial charge on any atom is -0.457 e. The van der Waals surface area contributed by atoms with Crippen LogP contribution < -0.4 is 0 Å². The van der Waals surface area contributed by atoms with Crippen LogP contribution in [0.25, 0.3) is 0 Å². The van der Waals surface area contributed by atoms with Crippen LogP contribution in [0.5, 0.6) is 0 Å². The number of rotatable bonds is 6. The van der Waals surface area contributed by atoms with Gasteiger partial charge in [-0.2, -0.15) is 0 Å². The SMILES string of the molecule is COCCN(CCBr)C(=O)c1ccoc1Br. The quantitative estimate of drug-likeness (QED) is 0.737. The van der Waals surface area contributed by atoms with Crippen LogP contribution in [0.3, 0.4) is 0 Å². The Morgan fingerprint density at radius 2 is 2.31 bits per heavy atom. The number of halogens is 2. The van der Waals surface area contributed by atoms with Crippen molar-refractivity contribution in [2.45, 2.75) is 0 Å². The molecule has 1 rings (SSSR count). The van der Waals surface area contributed by atoms with E-state index in [1.165, 1.54) is 6.26 Å². The van der Waals surface area contributed by atoms with E-state index in [-0.39, 0.29) is 5.91 Å². The molecule has 1 heterocycles. The maximum atomic E-state index is 12.1. The fraction of sp³-hybridized carbons (Fsp3) is 0.500. The zero-order valence-corrected chi connectivity index (χ0v) is 12.1. The Kier molecular flexibility index (Phi) is 6.08. The molecule has 1 aromatic rings. The Morgan fingerprint density at radius 1 is 1.56 bits per heavy atom. The second-order valence-electron chi connectivity index (χ2n) is 3.08. The van der Waals surface area contributed by atoms with Crippen molar-refractivity contribution >= 4 is 37.8 Å². The predicted octanol–water partition coefficient (Wildman–Crippen LogP) is 2.53. The number of furan rings is 1. The Hall–Kier alpha value is -0.330. The van der Waals surface area contributed by atoms with Gasteiger partial charge in [0.05, 0.1) is 18.4 Å². The standard InChI is InChI=1S/C10H13Br2NO3/c1-15-7-5-13(4-3-11)10(14)8-2-6-16-9(8)12/h2,6H,3-5,7H2,1H3. The van der Waals surface area contributed by atoms with Crippen molar-refractivity contribution < 1.29 is 13.9 Å². The minimum atomic E-state index is -0.0582. The first-order valence-electron chi connectivity index (χ1n) is 4.78. The van der Waals surface area contributed by atoms with Crippen LogP contribution in [0.2, 0.25) is 0 Å². The summed E-state index contributed by atoms with van der Waals surface area (Å²) in [6.07, 6.45) is 1.49. The van der Waals surface area contributed by atoms with Crippen molar-refractivity contribution in [3.63, 3.8) is 0 Å². The normalized spacial score (nSPS) is 10.4. The highest BCUT2D eigenvalue weighted by Crippen LogP contribution is 2.19. The number of amides is 1. The summed E-state index contributed by atoms with van der Waals surface area (Å²) in [5.41, 5.74) is 0.539. The third-order valence-corrected chi connectivity index (χ3v) is 3.02. The molecule has 1 amide bonds. The number of ether oxygens (including phenoxy) is 1. The lowest BCUT2D eigenvalue weighted by Crippen LogP contribution is -2.35. The third kappa shape index (κ3) is 3.61. The van der Waals surface area contributed by atoms with Crippen LogP contribution in [-0.4, -0.2) is 42.9 Å². The lowest BCUT2D eigenvalue weighted by Gasteiger charge is -2.20. The monoisotopic (exact) mass is 353 g/mol. The highest BCUT2D eigenvalue weighted by Gasteiger charge is 2.19. The first kappa shape index (κ1) is 13.7. The van der Waals surface area contributed by atoms with E-state index >= 15 is 0 Å². The van der Waals surface area contributed by atoms with Crippen LogP contribution in [0.15, 0.2) is 21.4 Å². The summed E-state index contributed by atoms with van der Waals surface area (Å²) in [7, 11) is 1.62. The van der Waals surface area contributed by atoms with Gasteiger partial charge in [-0.15, -0.1) is 0 Å². The average molecular weight is 355 g/mol. The van der Waals surface area contributed by atoms with Crippen molar-refractivity contribution in [1.82, 2.24) is 4.90 Å². The molecule has 6 heteroatoms. The van der Waals surface area contributed by atoms with Crippen LogP contribution >= 0.6 is 31.9 Å². The fourth-order valence-electron chi connectivity index (χ4n) is 1.23. The van der Waals surface area contributed by atoms with Gasteiger partial charge in [0, 0.05) is 25.5 Å². The zero-order chi connectivity index (χ0) is 12.0. The van der Waals surface area contributed by atoms with E-state index < -0.39 is 0 Å². The molecule has 0 aliphatic heterocycles. The maximum absolute atomic E-state index is 12.1. The molecule has 0 fully saturated rings. The van der Waals surface area contributed by atoms with Gasteiger partial charge in [-0.05, 0) is 22.0 Å². The summed E-state index contributed by atoms with van der Waals surface area (Å²) in [6, 6.07) is 1.65. The molecule has 0 saturated carbocycles. The second kappa shape index (κ2) is 7.09. The third-order valence-electron chi connectivity index (χ3n) is 2.06. The number of hydrogen-bond donors (Lipinski definition) is 0. The van der Waals surface area contributed by atoms with Crippen LogP contribution in [-0.2, 0) is 4.74 Å². The molecule has 0 atom stereocenters. The van der Waals surface area contributed by atoms with Gasteiger partial charge in [-0.3, -0.25) is 4.79 Å². The number of hydrogen-bond acceptors (Lipinski definition) is 3. The van der Waals surface area contributed by atoms with E-state index in [1.54, 1.807) is 18.1 Å². The molecule has 0 aliphatic carbocycles. The number of carbonyl (C=O) groups excluding carboxylic acids is 1. The molecule has 0 radical (unpaired) electrons. The van der Waals surface area contributed by atoms with Gasteiger partial charge in [-0.1, -0.05) is 15.9 Å². The Morgan fingerprint density at radius 3 is 2.81 bits per heavy atom. The summed E-state index contributed by atoms with van der Waals surface area (Å²) < 4.78 is 10.5. The van der Waals surface area contributed by atoms with Gasteiger partial charge in [-0.25, -0.2) is 0 Å². The van der Waals surface area contributed by atoms with Gasteiger partial charge in [0.15, 0.2) is 4.67 Å². The highest BCUT2D eigenvalue weighted by atomic mass is 79.9. The molecule has 0 unspecified atom stereocenters. The fourth-order valence-corrected chi connectivity index (χ4v) is 2.07. The molecule has 1 aromatic heterocycles. The number of alkyl halides is 1. The molecule has 0 aliphatic rings. The smallest absolute Gasteiger partial charge is 0.258 e. The second-order valence-corrected chi connectivity index (χ2v) is 4.60. The van der Waals surface area contributed by atoms with Crippen LogP contribution in [0.1, 0.15) is 10.4 Å². The molecular weight excluding hydrogens is 342 g/mol. The predicted molar refractivity (Wildman–Crippen MR) is 68.0 cm³/mol. The molecule has 4 nitrogen and oxygen atoms in total. The van der Waals surface area contributed by atoms with Gasteiger partial charge >= 0.3 is 0 Å². The van der Waals surface area contributed by atoms with E-state index in [2.05, 4.69) is 31.9 Å². The molecule has 0 saturated heterocycles. The van der Waals surface area contributed by atoms with E-state index in [0.717, 1.165) is 5.33 Å². The molecule has 0 bridgehead atoms. The molecule has 0 spiro atoms. The van der Waals surface area contributed by atoms with Gasteiger partial charge in [0.2, 0.25) is 0 Å². The van der Waals surface area contributed by atoms with Crippen molar-refractivity contribution in [1.29, 1.82) is 0 Å². The topological polar surface area (TPSA) is 42.7 Å². The summed E-state index contributed by atoms with van der Waals surface area (Å²) in [4.78, 5) is 13.8. The Labute approximate surface area is 111 Å². The van der Waals surface area contributed by atoms with E-state index in [0.29, 0.717) is 29.9 Å². The summed E-state index contributed by atoms with van der Waals surface area (Å²) >= 11 is 6.52. The number of methoxy groups -OCH3 is 1. The summed E-state index contributed by atoms with van der Waals surface area (Å²) in [5.74, 6) is -0.0582. The van der Waals surface area contributed by atoms with Crippen molar-refractivity contribution in [2.75, 3.05) is 32.1 Å². The highest BCUT2D eigenvalue weighted by molar-refractivity contribution is 9.10. The Bertz CT molecular complexity index is 341. The molecular formula is C10H13Br2NO3. The van der Waals surface area contributed by atoms with E-state index in [1.807, 2.05) is 0 Å². The minimum absolute atomic E-state index is 0.0582. The zero-order valence-electron chi connectivity index (χ0n) is 8.91. The van der Waals surface area contributed by atoms with Crippen LogP contribution in [0.4, 0.5) is 0 Å². The lowest BCUT2D eigenvalue weighted by atomic mass is 10.3.